The number of amides is 1. The number of thioether (sulfide) groups is 1. The molecule has 0 heterocycles. The molecule has 2 N–H and O–H groups in total. The molecule has 1 amide bonds. The van der Waals surface area contributed by atoms with Crippen LogP contribution in [0.2, 0.25) is 5.02 Å². The van der Waals surface area contributed by atoms with Crippen LogP contribution < -0.4 is 10.0 Å². The fourth-order valence-electron chi connectivity index (χ4n) is 3.40. The molecule has 4 rings (SSSR count). The molecule has 178 valence electrons. The van der Waals surface area contributed by atoms with Gasteiger partial charge in [-0.3, -0.25) is 9.52 Å². The van der Waals surface area contributed by atoms with Crippen molar-refractivity contribution in [3.63, 3.8) is 0 Å². The van der Waals surface area contributed by atoms with E-state index in [1.807, 2.05) is 43.3 Å². The van der Waals surface area contributed by atoms with Crippen LogP contribution in [0, 0.1) is 6.92 Å². The zero-order valence-electron chi connectivity index (χ0n) is 18.9. The number of benzene rings is 4. The molecule has 0 spiro atoms. The summed E-state index contributed by atoms with van der Waals surface area (Å²) in [5.74, 6) is 0.388. The lowest BCUT2D eigenvalue weighted by molar-refractivity contribution is 0.102. The van der Waals surface area contributed by atoms with Crippen molar-refractivity contribution in [2.75, 3.05) is 10.0 Å². The molecule has 0 unspecified atom stereocenters. The first-order chi connectivity index (χ1) is 16.8. The summed E-state index contributed by atoms with van der Waals surface area (Å²) in [5, 5.41) is 2.90. The van der Waals surface area contributed by atoms with Crippen LogP contribution in [0.4, 0.5) is 11.4 Å². The van der Waals surface area contributed by atoms with Crippen LogP contribution in [0.25, 0.3) is 0 Å². The quantitative estimate of drug-likeness (QED) is 0.244. The minimum Gasteiger partial charge on any atom is -0.322 e. The summed E-state index contributed by atoms with van der Waals surface area (Å²) in [6, 6.07) is 28.7. The Morgan fingerprint density at radius 1 is 0.886 bits per heavy atom. The first-order valence-electron chi connectivity index (χ1n) is 10.8. The molecule has 0 aromatic heterocycles. The van der Waals surface area contributed by atoms with Crippen LogP contribution in [0.3, 0.4) is 0 Å². The van der Waals surface area contributed by atoms with E-state index >= 15 is 0 Å². The first kappa shape index (κ1) is 24.9. The fourth-order valence-corrected chi connectivity index (χ4v) is 5.85. The second kappa shape index (κ2) is 11.0. The predicted molar refractivity (Wildman–Crippen MR) is 144 cm³/mol. The molecule has 8 heteroatoms. The Hall–Kier alpha value is -3.26. The minimum atomic E-state index is -3.98. The van der Waals surface area contributed by atoms with Crippen LogP contribution in [-0.2, 0) is 15.8 Å². The molecule has 0 fully saturated rings. The van der Waals surface area contributed by atoms with Crippen molar-refractivity contribution >= 4 is 50.7 Å². The number of sulfonamides is 1. The number of carbonyl (C=O) groups is 1. The smallest absolute Gasteiger partial charge is 0.263 e. The van der Waals surface area contributed by atoms with E-state index in [-0.39, 0.29) is 15.5 Å². The Labute approximate surface area is 214 Å². The molecule has 4 aromatic rings. The molecule has 35 heavy (non-hydrogen) atoms. The molecule has 0 radical (unpaired) electrons. The summed E-state index contributed by atoms with van der Waals surface area (Å²) in [6.45, 7) is 1.92. The summed E-state index contributed by atoms with van der Waals surface area (Å²) < 4.78 is 28.2. The summed E-state index contributed by atoms with van der Waals surface area (Å²) in [5.41, 5.74) is 3.30. The Kier molecular flexibility index (Phi) is 7.80. The fraction of sp³-hybridized carbons (Fsp3) is 0.0741. The van der Waals surface area contributed by atoms with E-state index in [9.17, 15) is 13.2 Å². The van der Waals surface area contributed by atoms with Gasteiger partial charge in [0.25, 0.3) is 15.9 Å². The van der Waals surface area contributed by atoms with Crippen LogP contribution >= 0.6 is 23.4 Å². The van der Waals surface area contributed by atoms with Crippen LogP contribution in [0.5, 0.6) is 0 Å². The summed E-state index contributed by atoms with van der Waals surface area (Å²) in [4.78, 5) is 14.0. The molecule has 0 saturated heterocycles. The van der Waals surface area contributed by atoms with Crippen molar-refractivity contribution in [3.05, 3.63) is 119 Å². The highest BCUT2D eigenvalue weighted by Crippen LogP contribution is 2.27. The van der Waals surface area contributed by atoms with Gasteiger partial charge in [-0.1, -0.05) is 60.1 Å². The average molecular weight is 523 g/mol. The van der Waals surface area contributed by atoms with E-state index in [0.29, 0.717) is 11.4 Å². The van der Waals surface area contributed by atoms with Gasteiger partial charge in [0.1, 0.15) is 4.90 Å². The largest absolute Gasteiger partial charge is 0.322 e. The molecular weight excluding hydrogens is 500 g/mol. The topological polar surface area (TPSA) is 75.3 Å². The van der Waals surface area contributed by atoms with Gasteiger partial charge in [-0.05, 0) is 66.6 Å². The average Bonchev–Trinajstić information content (AvgIpc) is 2.85. The van der Waals surface area contributed by atoms with E-state index in [4.69, 9.17) is 11.6 Å². The number of hydrogen-bond acceptors (Lipinski definition) is 4. The zero-order valence-corrected chi connectivity index (χ0v) is 21.3. The number of para-hydroxylation sites is 1. The summed E-state index contributed by atoms with van der Waals surface area (Å²) in [7, 11) is -3.98. The van der Waals surface area contributed by atoms with Crippen LogP contribution in [0.1, 0.15) is 21.5 Å². The van der Waals surface area contributed by atoms with Gasteiger partial charge in [-0.15, -0.1) is 11.8 Å². The zero-order chi connectivity index (χ0) is 24.8. The highest BCUT2D eigenvalue weighted by Gasteiger charge is 2.21. The summed E-state index contributed by atoms with van der Waals surface area (Å²) in [6.07, 6.45) is 0. The molecule has 4 aromatic carbocycles. The van der Waals surface area contributed by atoms with Gasteiger partial charge >= 0.3 is 0 Å². The third-order valence-electron chi connectivity index (χ3n) is 5.20. The second-order valence-corrected chi connectivity index (χ2v) is 10.9. The second-order valence-electron chi connectivity index (χ2n) is 7.82. The van der Waals surface area contributed by atoms with E-state index in [1.165, 1.54) is 23.1 Å². The molecule has 0 atom stereocenters. The molecule has 5 nitrogen and oxygen atoms in total. The lowest BCUT2D eigenvalue weighted by atomic mass is 10.1. The number of rotatable bonds is 8. The SMILES string of the molecule is Cc1cc(CSc2ccccc2)ccc1NC(=O)c1ccc(Cl)c(S(=O)(=O)Nc2ccccc2)c1. The van der Waals surface area contributed by atoms with Gasteiger partial charge in [-0.25, -0.2) is 8.42 Å². The Balaban J connectivity index is 1.48. The number of anilines is 2. The maximum atomic E-state index is 12.9. The van der Waals surface area contributed by atoms with Crippen LogP contribution in [0.15, 0.2) is 107 Å². The van der Waals surface area contributed by atoms with Crippen molar-refractivity contribution in [1.29, 1.82) is 0 Å². The van der Waals surface area contributed by atoms with Crippen molar-refractivity contribution in [1.82, 2.24) is 0 Å². The van der Waals surface area contributed by atoms with E-state index in [1.54, 1.807) is 42.1 Å². The first-order valence-corrected chi connectivity index (χ1v) is 13.6. The minimum absolute atomic E-state index is 0.0291. The normalized spacial score (nSPS) is 11.1. The van der Waals surface area contributed by atoms with E-state index in [0.717, 1.165) is 16.9 Å². The maximum Gasteiger partial charge on any atom is 0.263 e. The highest BCUT2D eigenvalue weighted by molar-refractivity contribution is 7.98. The maximum absolute atomic E-state index is 12.9. The third-order valence-corrected chi connectivity index (χ3v) is 8.14. The monoisotopic (exact) mass is 522 g/mol. The van der Waals surface area contributed by atoms with E-state index < -0.39 is 15.9 Å². The van der Waals surface area contributed by atoms with Gasteiger partial charge in [-0.2, -0.15) is 0 Å². The lowest BCUT2D eigenvalue weighted by Crippen LogP contribution is -2.17. The number of aryl methyl sites for hydroxylation is 1. The number of nitrogens with one attached hydrogen (secondary N) is 2. The van der Waals surface area contributed by atoms with E-state index in [2.05, 4.69) is 22.2 Å². The molecule has 0 saturated carbocycles. The van der Waals surface area contributed by atoms with Gasteiger partial charge in [0.2, 0.25) is 0 Å². The van der Waals surface area contributed by atoms with Crippen molar-refractivity contribution < 1.29 is 13.2 Å². The Morgan fingerprint density at radius 3 is 2.26 bits per heavy atom. The number of halogens is 1. The van der Waals surface area contributed by atoms with Crippen molar-refractivity contribution in [2.24, 2.45) is 0 Å². The molecule has 0 aliphatic rings. The molecule has 0 bridgehead atoms. The summed E-state index contributed by atoms with van der Waals surface area (Å²) >= 11 is 7.92. The molecule has 0 aliphatic heterocycles. The van der Waals surface area contributed by atoms with Gasteiger partial charge < -0.3 is 5.32 Å². The number of carbonyl (C=O) groups excluding carboxylic acids is 1. The lowest BCUT2D eigenvalue weighted by Gasteiger charge is -2.13. The Morgan fingerprint density at radius 2 is 1.57 bits per heavy atom. The molecular formula is C27H23ClN2O3S2. The van der Waals surface area contributed by atoms with Crippen molar-refractivity contribution in [3.8, 4) is 0 Å². The van der Waals surface area contributed by atoms with Gasteiger partial charge in [0.05, 0.1) is 5.02 Å². The third kappa shape index (κ3) is 6.45. The molecule has 0 aliphatic carbocycles. The Bertz CT molecular complexity index is 1440. The van der Waals surface area contributed by atoms with Crippen molar-refractivity contribution in [2.45, 2.75) is 22.5 Å². The number of hydrogen-bond donors (Lipinski definition) is 2. The standard InChI is InChI=1S/C27H23ClN2O3S2/c1-19-16-20(18-34-23-10-6-3-7-11-23)12-15-25(19)29-27(31)21-13-14-24(28)26(17-21)35(32,33)30-22-8-4-2-5-9-22/h2-17,30H,18H2,1H3,(H,29,31). The predicted octanol–water partition coefficient (Wildman–Crippen LogP) is 6.99. The highest BCUT2D eigenvalue weighted by atomic mass is 35.5. The van der Waals surface area contributed by atoms with Gasteiger partial charge in [0, 0.05) is 27.6 Å². The van der Waals surface area contributed by atoms with Gasteiger partial charge in [0.15, 0.2) is 0 Å². The van der Waals surface area contributed by atoms with Crippen LogP contribution in [-0.4, -0.2) is 14.3 Å².